The number of ketones is 1. The number of aliphatic hydroxyl groups is 1. The molecule has 26 heavy (non-hydrogen) atoms. The van der Waals surface area contributed by atoms with Gasteiger partial charge < -0.3 is 10.0 Å². The number of hydrogen-bond acceptors (Lipinski definition) is 5. The van der Waals surface area contributed by atoms with Crippen LogP contribution < -0.4 is 4.90 Å². The number of fused-ring (bicyclic) bond motifs is 1. The number of likely N-dealkylation sites (N-methyl/N-ethyl adjacent to an activating group) is 1. The maximum absolute atomic E-state index is 13.4. The van der Waals surface area contributed by atoms with Crippen molar-refractivity contribution >= 4 is 40.8 Å². The lowest BCUT2D eigenvalue weighted by Crippen LogP contribution is -2.47. The first-order valence-electron chi connectivity index (χ1n) is 8.77. The second-order valence-corrected chi connectivity index (χ2v) is 9.29. The molecule has 1 saturated heterocycles. The zero-order valence-electron chi connectivity index (χ0n) is 14.6. The molecule has 0 amide bonds. The number of carbonyl (C=O) groups excluding carboxylic acids is 1. The molecule has 5 heteroatoms. The highest BCUT2D eigenvalue weighted by molar-refractivity contribution is 8.17. The Hall–Kier alpha value is -1.85. The van der Waals surface area contributed by atoms with Gasteiger partial charge in [-0.1, -0.05) is 42.5 Å². The van der Waals surface area contributed by atoms with Crippen molar-refractivity contribution in [3.63, 3.8) is 0 Å². The molecule has 2 aliphatic heterocycles. The predicted octanol–water partition coefficient (Wildman–Crippen LogP) is 4.85. The highest BCUT2D eigenvalue weighted by atomic mass is 32.2. The highest BCUT2D eigenvalue weighted by Gasteiger charge is 2.41. The first-order valence-corrected chi connectivity index (χ1v) is 10.9. The van der Waals surface area contributed by atoms with Gasteiger partial charge in [-0.3, -0.25) is 4.79 Å². The average Bonchev–Trinajstić information content (AvgIpc) is 2.71. The molecule has 0 saturated carbocycles. The monoisotopic (exact) mass is 383 g/mol. The molecule has 0 spiro atoms. The number of anilines is 1. The van der Waals surface area contributed by atoms with Crippen LogP contribution in [0.25, 0.3) is 5.76 Å². The molecule has 2 aromatic carbocycles. The summed E-state index contributed by atoms with van der Waals surface area (Å²) in [4.78, 5) is 15.5. The molecule has 0 aromatic heterocycles. The van der Waals surface area contributed by atoms with E-state index in [0.29, 0.717) is 16.7 Å². The van der Waals surface area contributed by atoms with Crippen LogP contribution in [-0.4, -0.2) is 40.1 Å². The molecule has 1 N–H and O–H groups in total. The smallest absolute Gasteiger partial charge is 0.196 e. The van der Waals surface area contributed by atoms with Gasteiger partial charge in [-0.15, -0.1) is 23.5 Å². The van der Waals surface area contributed by atoms with Crippen LogP contribution in [-0.2, 0) is 0 Å². The maximum Gasteiger partial charge on any atom is 0.196 e. The van der Waals surface area contributed by atoms with Gasteiger partial charge in [0.15, 0.2) is 5.78 Å². The minimum absolute atomic E-state index is 0.0585. The van der Waals surface area contributed by atoms with Crippen LogP contribution >= 0.6 is 23.5 Å². The molecule has 2 aliphatic rings. The Morgan fingerprint density at radius 1 is 1.04 bits per heavy atom. The number of Topliss-reactive ketones (excluding diaryl/α,β-unsaturated/α-hetero) is 1. The Morgan fingerprint density at radius 3 is 2.42 bits per heavy atom. The summed E-state index contributed by atoms with van der Waals surface area (Å²) >= 11 is 3.78. The van der Waals surface area contributed by atoms with Gasteiger partial charge in [-0.25, -0.2) is 0 Å². The van der Waals surface area contributed by atoms with Crippen molar-refractivity contribution in [1.29, 1.82) is 0 Å². The maximum atomic E-state index is 13.4. The average molecular weight is 384 g/mol. The topological polar surface area (TPSA) is 40.5 Å². The Morgan fingerprint density at radius 2 is 1.69 bits per heavy atom. The van der Waals surface area contributed by atoms with E-state index in [4.69, 9.17) is 0 Å². The summed E-state index contributed by atoms with van der Waals surface area (Å²) in [5.74, 6) is 2.24. The van der Waals surface area contributed by atoms with E-state index < -0.39 is 0 Å². The Balaban J connectivity index is 1.89. The summed E-state index contributed by atoms with van der Waals surface area (Å²) in [5, 5.41) is 11.1. The van der Waals surface area contributed by atoms with Crippen LogP contribution in [0.4, 0.5) is 5.69 Å². The Bertz CT molecular complexity index is 844. The standard InChI is InChI=1S/C21H21NO2S2/c1-22-16-11-6-5-10-15(16)20(24)17(18(22)21-25-12-7-13-26-21)19(23)14-8-3-2-4-9-14/h2-6,8-11,18,21,23H,7,12-13H2,1H3/b19-17+. The SMILES string of the molecule is CN1c2ccccc2C(=O)/C(=C(/O)c2ccccc2)C1C1SCCCS1. The van der Waals surface area contributed by atoms with E-state index in [1.165, 1.54) is 6.42 Å². The molecule has 1 unspecified atom stereocenters. The Kier molecular flexibility index (Phi) is 5.00. The lowest BCUT2D eigenvalue weighted by molar-refractivity contribution is 0.102. The van der Waals surface area contributed by atoms with E-state index in [9.17, 15) is 9.90 Å². The van der Waals surface area contributed by atoms with Crippen molar-refractivity contribution in [1.82, 2.24) is 0 Å². The second-order valence-electron chi connectivity index (χ2n) is 6.49. The second kappa shape index (κ2) is 7.41. The normalized spacial score (nSPS) is 22.9. The highest BCUT2D eigenvalue weighted by Crippen LogP contribution is 2.44. The van der Waals surface area contributed by atoms with E-state index in [2.05, 4.69) is 4.90 Å². The van der Waals surface area contributed by atoms with E-state index in [1.807, 2.05) is 85.2 Å². The van der Waals surface area contributed by atoms with Crippen LogP contribution in [0.3, 0.4) is 0 Å². The van der Waals surface area contributed by atoms with Crippen molar-refractivity contribution in [3.8, 4) is 0 Å². The van der Waals surface area contributed by atoms with Gasteiger partial charge in [0, 0.05) is 23.9 Å². The van der Waals surface area contributed by atoms with Gasteiger partial charge in [0.05, 0.1) is 16.2 Å². The van der Waals surface area contributed by atoms with E-state index >= 15 is 0 Å². The van der Waals surface area contributed by atoms with Crippen molar-refractivity contribution in [2.24, 2.45) is 0 Å². The van der Waals surface area contributed by atoms with Gasteiger partial charge in [0.25, 0.3) is 0 Å². The fourth-order valence-electron chi connectivity index (χ4n) is 3.60. The summed E-state index contributed by atoms with van der Waals surface area (Å²) in [7, 11) is 2.03. The van der Waals surface area contributed by atoms with Gasteiger partial charge in [0.2, 0.25) is 0 Å². The lowest BCUT2D eigenvalue weighted by Gasteiger charge is -2.42. The number of thioether (sulfide) groups is 2. The molecule has 0 aliphatic carbocycles. The molecule has 2 aromatic rings. The molecule has 4 rings (SSSR count). The van der Waals surface area contributed by atoms with Crippen molar-refractivity contribution in [2.45, 2.75) is 17.0 Å². The molecule has 134 valence electrons. The third-order valence-electron chi connectivity index (χ3n) is 4.90. The molecule has 0 radical (unpaired) electrons. The summed E-state index contributed by atoms with van der Waals surface area (Å²) in [6.45, 7) is 0. The summed E-state index contributed by atoms with van der Waals surface area (Å²) in [6.07, 6.45) is 1.19. The third-order valence-corrected chi connectivity index (χ3v) is 7.94. The molecule has 3 nitrogen and oxygen atoms in total. The minimum atomic E-state index is -0.145. The summed E-state index contributed by atoms with van der Waals surface area (Å²) in [6, 6.07) is 16.9. The summed E-state index contributed by atoms with van der Waals surface area (Å²) < 4.78 is 0.229. The van der Waals surface area contributed by atoms with Gasteiger partial charge in [-0.2, -0.15) is 0 Å². The molecular formula is C21H21NO2S2. The fraction of sp³-hybridized carbons (Fsp3) is 0.286. The number of aliphatic hydroxyl groups excluding tert-OH is 1. The number of benzene rings is 2. The largest absolute Gasteiger partial charge is 0.507 e. The van der Waals surface area contributed by atoms with Crippen molar-refractivity contribution in [3.05, 3.63) is 71.3 Å². The first kappa shape index (κ1) is 17.6. The van der Waals surface area contributed by atoms with E-state index in [0.717, 1.165) is 17.2 Å². The fourth-order valence-corrected chi connectivity index (χ4v) is 6.84. The molecule has 2 heterocycles. The van der Waals surface area contributed by atoms with Crippen molar-refractivity contribution in [2.75, 3.05) is 23.5 Å². The molecule has 1 atom stereocenters. The molecular weight excluding hydrogens is 362 g/mol. The summed E-state index contributed by atoms with van der Waals surface area (Å²) in [5.41, 5.74) is 2.82. The third kappa shape index (κ3) is 3.03. The van der Waals surface area contributed by atoms with Gasteiger partial charge in [-0.05, 0) is 30.1 Å². The quantitative estimate of drug-likeness (QED) is 0.593. The van der Waals surface area contributed by atoms with E-state index in [-0.39, 0.29) is 22.2 Å². The van der Waals surface area contributed by atoms with Gasteiger partial charge >= 0.3 is 0 Å². The predicted molar refractivity (Wildman–Crippen MR) is 112 cm³/mol. The molecule has 0 bridgehead atoms. The van der Waals surface area contributed by atoms with Crippen LogP contribution in [0.15, 0.2) is 60.2 Å². The Labute approximate surface area is 162 Å². The number of carbonyl (C=O) groups is 1. The van der Waals surface area contributed by atoms with Crippen LogP contribution in [0.1, 0.15) is 22.3 Å². The van der Waals surface area contributed by atoms with Crippen LogP contribution in [0.5, 0.6) is 0 Å². The zero-order valence-corrected chi connectivity index (χ0v) is 16.2. The number of hydrogen-bond donors (Lipinski definition) is 1. The van der Waals surface area contributed by atoms with Crippen LogP contribution in [0, 0.1) is 0 Å². The first-order chi connectivity index (χ1) is 12.7. The van der Waals surface area contributed by atoms with Crippen molar-refractivity contribution < 1.29 is 9.90 Å². The molecule has 1 fully saturated rings. The number of para-hydroxylation sites is 1. The zero-order chi connectivity index (χ0) is 18.1. The van der Waals surface area contributed by atoms with E-state index in [1.54, 1.807) is 0 Å². The van der Waals surface area contributed by atoms with Gasteiger partial charge in [0.1, 0.15) is 5.76 Å². The van der Waals surface area contributed by atoms with Crippen LogP contribution in [0.2, 0.25) is 0 Å². The number of nitrogens with zero attached hydrogens (tertiary/aromatic N) is 1. The lowest BCUT2D eigenvalue weighted by atomic mass is 9.88. The minimum Gasteiger partial charge on any atom is -0.507 e. The number of rotatable bonds is 2.